The van der Waals surface area contributed by atoms with Crippen molar-refractivity contribution in [3.63, 3.8) is 0 Å². The van der Waals surface area contributed by atoms with Crippen molar-refractivity contribution in [2.75, 3.05) is 10.6 Å². The molecule has 0 atom stereocenters. The molecule has 110 valence electrons. The summed E-state index contributed by atoms with van der Waals surface area (Å²) in [6.07, 6.45) is 3.36. The van der Waals surface area contributed by atoms with Gasteiger partial charge in [-0.2, -0.15) is 0 Å². The number of halogens is 1. The van der Waals surface area contributed by atoms with E-state index in [-0.39, 0.29) is 5.91 Å². The van der Waals surface area contributed by atoms with Crippen LogP contribution in [0.4, 0.5) is 16.4 Å². The Morgan fingerprint density at radius 2 is 2.05 bits per heavy atom. The van der Waals surface area contributed by atoms with Gasteiger partial charge in [-0.05, 0) is 30.3 Å². The predicted octanol–water partition coefficient (Wildman–Crippen LogP) is 4.19. The van der Waals surface area contributed by atoms with Crippen LogP contribution in [0.3, 0.4) is 0 Å². The monoisotopic (exact) mass is 330 g/mol. The molecule has 1 amide bonds. The summed E-state index contributed by atoms with van der Waals surface area (Å²) in [5.41, 5.74) is 3.36. The number of carbonyl (C=O) groups excluding carboxylic acids is 1. The normalized spacial score (nSPS) is 10.2. The summed E-state index contributed by atoms with van der Waals surface area (Å²) in [5.74, 6) is -0.296. The van der Waals surface area contributed by atoms with Gasteiger partial charge in [-0.3, -0.25) is 9.78 Å². The number of thiazole rings is 1. The lowest BCUT2D eigenvalue weighted by Crippen LogP contribution is -2.13. The van der Waals surface area contributed by atoms with Crippen molar-refractivity contribution in [3.05, 3.63) is 65.0 Å². The van der Waals surface area contributed by atoms with Crippen LogP contribution in [0, 0.1) is 0 Å². The van der Waals surface area contributed by atoms with E-state index >= 15 is 0 Å². The lowest BCUT2D eigenvalue weighted by atomic mass is 10.3. The minimum atomic E-state index is -0.296. The van der Waals surface area contributed by atoms with Crippen molar-refractivity contribution in [1.82, 2.24) is 9.97 Å². The molecular weight excluding hydrogens is 320 g/mol. The number of aromatic nitrogens is 2. The van der Waals surface area contributed by atoms with E-state index in [9.17, 15) is 4.79 Å². The topological polar surface area (TPSA) is 66.9 Å². The number of hydrogen-bond donors (Lipinski definition) is 2. The lowest BCUT2D eigenvalue weighted by Gasteiger charge is -2.07. The molecule has 0 fully saturated rings. The molecule has 0 aliphatic heterocycles. The summed E-state index contributed by atoms with van der Waals surface area (Å²) < 4.78 is 0. The number of nitrogens with zero attached hydrogens (tertiary/aromatic N) is 2. The molecule has 3 aromatic rings. The van der Waals surface area contributed by atoms with Crippen LogP contribution in [0.15, 0.2) is 54.3 Å². The Morgan fingerprint density at radius 1 is 1.18 bits per heavy atom. The summed E-state index contributed by atoms with van der Waals surface area (Å²) >= 11 is 7.26. The minimum absolute atomic E-state index is 0.296. The Morgan fingerprint density at radius 3 is 2.82 bits per heavy atom. The second kappa shape index (κ2) is 6.55. The summed E-state index contributed by atoms with van der Waals surface area (Å²) in [6.45, 7) is 0. The lowest BCUT2D eigenvalue weighted by molar-refractivity contribution is 0.102. The SMILES string of the molecule is O=C(Nc1cccc(Cl)c1)c1ncsc1Nc1cccnc1. The number of amides is 1. The second-order valence-corrected chi connectivity index (χ2v) is 5.65. The first-order chi connectivity index (χ1) is 10.7. The van der Waals surface area contributed by atoms with Crippen LogP contribution in [0.5, 0.6) is 0 Å². The molecule has 7 heteroatoms. The third kappa shape index (κ3) is 3.41. The molecule has 3 rings (SSSR count). The number of benzene rings is 1. The Kier molecular flexibility index (Phi) is 4.32. The molecule has 0 aliphatic rings. The van der Waals surface area contributed by atoms with Gasteiger partial charge >= 0.3 is 0 Å². The van der Waals surface area contributed by atoms with E-state index in [1.165, 1.54) is 11.3 Å². The molecule has 0 aliphatic carbocycles. The molecule has 2 N–H and O–H groups in total. The Hall–Kier alpha value is -2.44. The quantitative estimate of drug-likeness (QED) is 0.752. The zero-order valence-corrected chi connectivity index (χ0v) is 12.9. The van der Waals surface area contributed by atoms with Crippen molar-refractivity contribution in [3.8, 4) is 0 Å². The molecule has 0 radical (unpaired) electrons. The first-order valence-corrected chi connectivity index (χ1v) is 7.65. The van der Waals surface area contributed by atoms with Crippen molar-refractivity contribution >= 4 is 45.2 Å². The summed E-state index contributed by atoms with van der Waals surface area (Å²) in [7, 11) is 0. The van der Waals surface area contributed by atoms with Crippen molar-refractivity contribution in [2.45, 2.75) is 0 Å². The van der Waals surface area contributed by atoms with Gasteiger partial charge in [0, 0.05) is 16.9 Å². The van der Waals surface area contributed by atoms with Crippen LogP contribution in [0.2, 0.25) is 5.02 Å². The van der Waals surface area contributed by atoms with Gasteiger partial charge in [0.2, 0.25) is 0 Å². The molecule has 0 spiro atoms. The van der Waals surface area contributed by atoms with Crippen LogP contribution in [-0.2, 0) is 0 Å². The highest BCUT2D eigenvalue weighted by molar-refractivity contribution is 7.14. The standard InChI is InChI=1S/C15H11ClN4OS/c16-10-3-1-4-11(7-10)19-14(21)13-15(22-9-18-13)20-12-5-2-6-17-8-12/h1-9,20H,(H,19,21). The van der Waals surface area contributed by atoms with Crippen molar-refractivity contribution < 1.29 is 4.79 Å². The van der Waals surface area contributed by atoms with Gasteiger partial charge < -0.3 is 10.6 Å². The maximum Gasteiger partial charge on any atom is 0.277 e. The fraction of sp³-hybridized carbons (Fsp3) is 0. The van der Waals surface area contributed by atoms with E-state index < -0.39 is 0 Å². The summed E-state index contributed by atoms with van der Waals surface area (Å²) in [4.78, 5) is 20.5. The smallest absolute Gasteiger partial charge is 0.277 e. The van der Waals surface area contributed by atoms with Crippen LogP contribution in [0.25, 0.3) is 0 Å². The molecule has 0 unspecified atom stereocenters. The van der Waals surface area contributed by atoms with Gasteiger partial charge in [-0.1, -0.05) is 17.7 Å². The minimum Gasteiger partial charge on any atom is -0.344 e. The highest BCUT2D eigenvalue weighted by Crippen LogP contribution is 2.25. The summed E-state index contributed by atoms with van der Waals surface area (Å²) in [6, 6.07) is 10.6. The van der Waals surface area contributed by atoms with Crippen molar-refractivity contribution in [1.29, 1.82) is 0 Å². The average molecular weight is 331 g/mol. The molecule has 1 aromatic carbocycles. The van der Waals surface area contributed by atoms with E-state index in [2.05, 4.69) is 20.6 Å². The number of hydrogen-bond acceptors (Lipinski definition) is 5. The van der Waals surface area contributed by atoms with E-state index in [4.69, 9.17) is 11.6 Å². The zero-order valence-electron chi connectivity index (χ0n) is 11.3. The number of anilines is 3. The number of rotatable bonds is 4. The van der Waals surface area contributed by atoms with Crippen LogP contribution >= 0.6 is 22.9 Å². The third-order valence-electron chi connectivity index (χ3n) is 2.78. The van der Waals surface area contributed by atoms with Crippen LogP contribution in [0.1, 0.15) is 10.5 Å². The van der Waals surface area contributed by atoms with Gasteiger partial charge in [0.05, 0.1) is 17.4 Å². The molecule has 22 heavy (non-hydrogen) atoms. The van der Waals surface area contributed by atoms with Crippen molar-refractivity contribution in [2.24, 2.45) is 0 Å². The molecule has 2 heterocycles. The highest BCUT2D eigenvalue weighted by Gasteiger charge is 2.15. The molecule has 0 bridgehead atoms. The van der Waals surface area contributed by atoms with E-state index in [1.54, 1.807) is 42.2 Å². The predicted molar refractivity (Wildman–Crippen MR) is 89.0 cm³/mol. The van der Waals surface area contributed by atoms with Gasteiger partial charge in [-0.15, -0.1) is 11.3 Å². The first kappa shape index (κ1) is 14.5. The Bertz CT molecular complexity index is 791. The van der Waals surface area contributed by atoms with E-state index in [1.807, 2.05) is 12.1 Å². The van der Waals surface area contributed by atoms with Crippen LogP contribution in [-0.4, -0.2) is 15.9 Å². The second-order valence-electron chi connectivity index (χ2n) is 4.36. The van der Waals surface area contributed by atoms with E-state index in [0.717, 1.165) is 5.69 Å². The molecule has 5 nitrogen and oxygen atoms in total. The fourth-order valence-corrected chi connectivity index (χ4v) is 2.71. The maximum atomic E-state index is 12.3. The molecule has 2 aromatic heterocycles. The molecule has 0 saturated carbocycles. The number of pyridine rings is 1. The summed E-state index contributed by atoms with van der Waals surface area (Å²) in [5, 5.41) is 7.13. The molecular formula is C15H11ClN4OS. The third-order valence-corrected chi connectivity index (χ3v) is 3.76. The van der Waals surface area contributed by atoms with Gasteiger partial charge in [0.15, 0.2) is 5.69 Å². The first-order valence-electron chi connectivity index (χ1n) is 6.40. The number of nitrogens with one attached hydrogen (secondary N) is 2. The van der Waals surface area contributed by atoms with E-state index in [0.29, 0.717) is 21.4 Å². The molecule has 0 saturated heterocycles. The Labute approximate surface area is 136 Å². The average Bonchev–Trinajstić information content (AvgIpc) is 2.96. The Balaban J connectivity index is 1.78. The van der Waals surface area contributed by atoms with Gasteiger partial charge in [0.25, 0.3) is 5.91 Å². The number of carbonyl (C=O) groups is 1. The highest BCUT2D eigenvalue weighted by atomic mass is 35.5. The largest absolute Gasteiger partial charge is 0.344 e. The van der Waals surface area contributed by atoms with Crippen LogP contribution < -0.4 is 10.6 Å². The zero-order chi connectivity index (χ0) is 15.4. The van der Waals surface area contributed by atoms with Gasteiger partial charge in [-0.25, -0.2) is 4.98 Å². The maximum absolute atomic E-state index is 12.3. The fourth-order valence-electron chi connectivity index (χ4n) is 1.82. The van der Waals surface area contributed by atoms with Gasteiger partial charge in [0.1, 0.15) is 5.00 Å².